The maximum Gasteiger partial charge on any atom is 0.252 e. The van der Waals surface area contributed by atoms with E-state index in [0.29, 0.717) is 11.6 Å². The topological polar surface area (TPSA) is 58.6 Å². The average Bonchev–Trinajstić information content (AvgIpc) is 2.91. The normalized spacial score (nSPS) is 16.5. The Bertz CT molecular complexity index is 626. The summed E-state index contributed by atoms with van der Waals surface area (Å²) in [6.45, 7) is 1.98. The predicted molar refractivity (Wildman–Crippen MR) is 70.7 cm³/mol. The number of aromatic amines is 1. The lowest BCUT2D eigenvalue weighted by molar-refractivity contribution is 0.671. The van der Waals surface area contributed by atoms with Crippen LogP contribution in [-0.2, 0) is 6.42 Å². The zero-order valence-corrected chi connectivity index (χ0v) is 10.6. The number of H-pyrrole nitrogens is 1. The number of hydrogen-bond acceptors (Lipinski definition) is 3. The lowest BCUT2D eigenvalue weighted by Gasteiger charge is -2.08. The average molecular weight is 243 g/mol. The molecule has 1 saturated carbocycles. The molecular weight excluding hydrogens is 226 g/mol. The van der Waals surface area contributed by atoms with Crippen molar-refractivity contribution in [2.24, 2.45) is 0 Å². The molecule has 4 heteroatoms. The SMILES string of the molecule is CCc1cc2cnc(C3CCCC3)nc2[nH]c1=O. The number of aryl methyl sites for hydroxylation is 1. The van der Waals surface area contributed by atoms with E-state index < -0.39 is 0 Å². The number of rotatable bonds is 2. The van der Waals surface area contributed by atoms with E-state index >= 15 is 0 Å². The Morgan fingerprint density at radius 2 is 2.17 bits per heavy atom. The van der Waals surface area contributed by atoms with Crippen LogP contribution in [0.25, 0.3) is 11.0 Å². The number of fused-ring (bicyclic) bond motifs is 1. The lowest BCUT2D eigenvalue weighted by Crippen LogP contribution is -2.13. The van der Waals surface area contributed by atoms with Crippen molar-refractivity contribution in [3.63, 3.8) is 0 Å². The molecule has 94 valence electrons. The minimum absolute atomic E-state index is 0.0268. The summed E-state index contributed by atoms with van der Waals surface area (Å²) in [5, 5.41) is 0.924. The minimum atomic E-state index is -0.0268. The first kappa shape index (κ1) is 11.4. The van der Waals surface area contributed by atoms with Gasteiger partial charge < -0.3 is 4.98 Å². The molecule has 2 heterocycles. The maximum absolute atomic E-state index is 11.8. The van der Waals surface area contributed by atoms with E-state index in [1.807, 2.05) is 19.2 Å². The monoisotopic (exact) mass is 243 g/mol. The molecule has 1 N–H and O–H groups in total. The predicted octanol–water partition coefficient (Wildman–Crippen LogP) is 2.54. The smallest absolute Gasteiger partial charge is 0.252 e. The molecule has 0 atom stereocenters. The Balaban J connectivity index is 2.09. The van der Waals surface area contributed by atoms with Crippen LogP contribution in [0.15, 0.2) is 17.1 Å². The van der Waals surface area contributed by atoms with Crippen LogP contribution in [0.1, 0.15) is 49.9 Å². The van der Waals surface area contributed by atoms with E-state index in [-0.39, 0.29) is 5.56 Å². The van der Waals surface area contributed by atoms with Crippen molar-refractivity contribution >= 4 is 11.0 Å². The summed E-state index contributed by atoms with van der Waals surface area (Å²) >= 11 is 0. The first-order valence-corrected chi connectivity index (χ1v) is 6.67. The molecule has 2 aromatic rings. The molecule has 0 saturated heterocycles. The highest BCUT2D eigenvalue weighted by atomic mass is 16.1. The minimum Gasteiger partial charge on any atom is -0.306 e. The van der Waals surface area contributed by atoms with E-state index in [0.717, 1.165) is 23.2 Å². The van der Waals surface area contributed by atoms with Gasteiger partial charge in [-0.3, -0.25) is 4.79 Å². The van der Waals surface area contributed by atoms with E-state index in [2.05, 4.69) is 15.0 Å². The number of nitrogens with zero attached hydrogens (tertiary/aromatic N) is 2. The highest BCUT2D eigenvalue weighted by Gasteiger charge is 2.20. The lowest BCUT2D eigenvalue weighted by atomic mass is 10.1. The third kappa shape index (κ3) is 1.92. The number of nitrogens with one attached hydrogen (secondary N) is 1. The van der Waals surface area contributed by atoms with Gasteiger partial charge in [-0.05, 0) is 25.3 Å². The van der Waals surface area contributed by atoms with E-state index in [1.54, 1.807) is 0 Å². The molecule has 0 aromatic carbocycles. The van der Waals surface area contributed by atoms with E-state index in [1.165, 1.54) is 25.7 Å². The third-order valence-corrected chi connectivity index (χ3v) is 3.79. The molecule has 2 aromatic heterocycles. The Hall–Kier alpha value is -1.71. The van der Waals surface area contributed by atoms with Crippen molar-refractivity contribution in [3.8, 4) is 0 Å². The Kier molecular flexibility index (Phi) is 2.86. The quantitative estimate of drug-likeness (QED) is 0.881. The first-order valence-electron chi connectivity index (χ1n) is 6.67. The van der Waals surface area contributed by atoms with Crippen LogP contribution in [-0.4, -0.2) is 15.0 Å². The van der Waals surface area contributed by atoms with Gasteiger partial charge >= 0.3 is 0 Å². The Morgan fingerprint density at radius 3 is 2.89 bits per heavy atom. The highest BCUT2D eigenvalue weighted by molar-refractivity contribution is 5.73. The summed E-state index contributed by atoms with van der Waals surface area (Å²) in [5.41, 5.74) is 1.44. The van der Waals surface area contributed by atoms with Crippen LogP contribution < -0.4 is 5.56 Å². The molecule has 0 amide bonds. The fourth-order valence-electron chi connectivity index (χ4n) is 2.69. The van der Waals surface area contributed by atoms with Gasteiger partial charge in [0.2, 0.25) is 0 Å². The molecule has 0 bridgehead atoms. The van der Waals surface area contributed by atoms with Gasteiger partial charge in [0.15, 0.2) is 0 Å². The summed E-state index contributed by atoms with van der Waals surface area (Å²) in [6, 6.07) is 1.90. The van der Waals surface area contributed by atoms with Crippen molar-refractivity contribution in [3.05, 3.63) is 34.0 Å². The van der Waals surface area contributed by atoms with Crippen molar-refractivity contribution in [2.45, 2.75) is 44.9 Å². The van der Waals surface area contributed by atoms with Gasteiger partial charge in [-0.1, -0.05) is 19.8 Å². The van der Waals surface area contributed by atoms with Crippen LogP contribution in [0.3, 0.4) is 0 Å². The molecule has 18 heavy (non-hydrogen) atoms. The van der Waals surface area contributed by atoms with Crippen LogP contribution in [0.2, 0.25) is 0 Å². The maximum atomic E-state index is 11.8. The van der Waals surface area contributed by atoms with Gasteiger partial charge in [0.25, 0.3) is 5.56 Å². The van der Waals surface area contributed by atoms with Crippen LogP contribution >= 0.6 is 0 Å². The molecule has 1 fully saturated rings. The van der Waals surface area contributed by atoms with Gasteiger partial charge in [-0.25, -0.2) is 9.97 Å². The van der Waals surface area contributed by atoms with Gasteiger partial charge in [0.05, 0.1) is 0 Å². The van der Waals surface area contributed by atoms with Crippen molar-refractivity contribution in [1.82, 2.24) is 15.0 Å². The van der Waals surface area contributed by atoms with Gasteiger partial charge in [0, 0.05) is 23.1 Å². The molecule has 4 nitrogen and oxygen atoms in total. The Labute approximate surface area is 105 Å². The van der Waals surface area contributed by atoms with Crippen molar-refractivity contribution < 1.29 is 0 Å². The summed E-state index contributed by atoms with van der Waals surface area (Å²) in [6.07, 6.45) is 7.43. The largest absolute Gasteiger partial charge is 0.306 e. The fourth-order valence-corrected chi connectivity index (χ4v) is 2.69. The molecule has 0 unspecified atom stereocenters. The van der Waals surface area contributed by atoms with Crippen molar-refractivity contribution in [2.75, 3.05) is 0 Å². The number of aromatic nitrogens is 3. The highest BCUT2D eigenvalue weighted by Crippen LogP contribution is 2.32. The van der Waals surface area contributed by atoms with E-state index in [4.69, 9.17) is 0 Å². The molecule has 0 radical (unpaired) electrons. The van der Waals surface area contributed by atoms with Crippen LogP contribution in [0.5, 0.6) is 0 Å². The van der Waals surface area contributed by atoms with Gasteiger partial charge in [-0.15, -0.1) is 0 Å². The fraction of sp³-hybridized carbons (Fsp3) is 0.500. The first-order chi connectivity index (χ1) is 8.78. The Morgan fingerprint density at radius 1 is 1.39 bits per heavy atom. The molecule has 3 rings (SSSR count). The van der Waals surface area contributed by atoms with Crippen molar-refractivity contribution in [1.29, 1.82) is 0 Å². The second kappa shape index (κ2) is 4.52. The zero-order chi connectivity index (χ0) is 12.5. The summed E-state index contributed by atoms with van der Waals surface area (Å²) in [4.78, 5) is 23.6. The summed E-state index contributed by atoms with van der Waals surface area (Å²) < 4.78 is 0. The summed E-state index contributed by atoms with van der Waals surface area (Å²) in [5.74, 6) is 1.36. The molecule has 0 aliphatic heterocycles. The molecular formula is C14H17N3O. The summed E-state index contributed by atoms with van der Waals surface area (Å²) in [7, 11) is 0. The second-order valence-corrected chi connectivity index (χ2v) is 4.99. The number of pyridine rings is 1. The number of hydrogen-bond donors (Lipinski definition) is 1. The second-order valence-electron chi connectivity index (χ2n) is 4.99. The standard InChI is InChI=1S/C14H17N3O/c1-2-9-7-11-8-15-12(10-5-3-4-6-10)16-13(11)17-14(9)18/h7-8,10H,2-6H2,1H3,(H,15,16,17,18). The molecule has 1 aliphatic rings. The third-order valence-electron chi connectivity index (χ3n) is 3.79. The van der Waals surface area contributed by atoms with Gasteiger partial charge in [0.1, 0.15) is 11.5 Å². The van der Waals surface area contributed by atoms with Crippen LogP contribution in [0, 0.1) is 0 Å². The molecule has 1 aliphatic carbocycles. The zero-order valence-electron chi connectivity index (χ0n) is 10.6. The van der Waals surface area contributed by atoms with E-state index in [9.17, 15) is 4.79 Å². The molecule has 0 spiro atoms. The van der Waals surface area contributed by atoms with Crippen LogP contribution in [0.4, 0.5) is 0 Å². The van der Waals surface area contributed by atoms with Gasteiger partial charge in [-0.2, -0.15) is 0 Å².